The van der Waals surface area contributed by atoms with Gasteiger partial charge in [0, 0.05) is 28.6 Å². The fourth-order valence-corrected chi connectivity index (χ4v) is 1.75. The van der Waals surface area contributed by atoms with Crippen LogP contribution in [0.25, 0.3) is 0 Å². The van der Waals surface area contributed by atoms with E-state index in [1.54, 1.807) is 13.8 Å². The van der Waals surface area contributed by atoms with Gasteiger partial charge in [-0.15, -0.1) is 12.4 Å². The Morgan fingerprint density at radius 2 is 1.82 bits per heavy atom. The highest BCUT2D eigenvalue weighted by molar-refractivity contribution is 6.33. The minimum absolute atomic E-state index is 0. The minimum Gasteiger partial charge on any atom is -0.396 e. The summed E-state index contributed by atoms with van der Waals surface area (Å²) < 4.78 is 13.8. The monoisotopic (exact) mass is 301 g/mol. The van der Waals surface area contributed by atoms with Gasteiger partial charge in [0.1, 0.15) is 5.82 Å². The summed E-state index contributed by atoms with van der Waals surface area (Å²) in [5.74, 6) is -0.622. The van der Waals surface area contributed by atoms with Crippen LogP contribution in [0.4, 0.5) is 4.39 Å². The topological polar surface area (TPSA) is 46.2 Å². The molecule has 0 aliphatic carbocycles. The molecule has 0 bridgehead atoms. The zero-order valence-corrected chi connectivity index (χ0v) is 11.8. The van der Waals surface area contributed by atoms with Gasteiger partial charge < -0.3 is 10.8 Å². The molecule has 0 saturated carbocycles. The first-order valence-corrected chi connectivity index (χ1v) is 5.56. The average Bonchev–Trinajstić information content (AvgIpc) is 2.24. The fraction of sp³-hybridized carbons (Fsp3) is 0.455. The van der Waals surface area contributed by atoms with Crippen molar-refractivity contribution in [2.24, 2.45) is 11.1 Å². The molecule has 0 saturated heterocycles. The lowest BCUT2D eigenvalue weighted by molar-refractivity contribution is 0.131. The largest absolute Gasteiger partial charge is 0.396 e. The highest BCUT2D eigenvalue weighted by Gasteiger charge is 2.31. The van der Waals surface area contributed by atoms with Crippen molar-refractivity contribution in [1.82, 2.24) is 0 Å². The first kappa shape index (κ1) is 16.9. The Balaban J connectivity index is 0.00000256. The van der Waals surface area contributed by atoms with E-state index < -0.39 is 17.3 Å². The summed E-state index contributed by atoms with van der Waals surface area (Å²) in [5, 5.41) is 9.39. The average molecular weight is 303 g/mol. The molecule has 0 heterocycles. The number of hydrogen-bond acceptors (Lipinski definition) is 2. The van der Waals surface area contributed by atoms with Crippen LogP contribution in [0.3, 0.4) is 0 Å². The molecule has 1 atom stereocenters. The van der Waals surface area contributed by atoms with E-state index in [1.165, 1.54) is 12.1 Å². The van der Waals surface area contributed by atoms with E-state index in [0.29, 0.717) is 0 Å². The van der Waals surface area contributed by atoms with Gasteiger partial charge in [0.05, 0.1) is 5.02 Å². The van der Waals surface area contributed by atoms with Crippen LogP contribution in [0.2, 0.25) is 10.0 Å². The van der Waals surface area contributed by atoms with Crippen molar-refractivity contribution in [3.05, 3.63) is 33.6 Å². The van der Waals surface area contributed by atoms with Crippen LogP contribution in [-0.4, -0.2) is 11.7 Å². The van der Waals surface area contributed by atoms with Crippen molar-refractivity contribution in [2.45, 2.75) is 19.9 Å². The minimum atomic E-state index is -0.719. The molecule has 0 unspecified atom stereocenters. The Morgan fingerprint density at radius 1 is 1.35 bits per heavy atom. The molecule has 0 aromatic heterocycles. The van der Waals surface area contributed by atoms with Gasteiger partial charge in [0.25, 0.3) is 0 Å². The van der Waals surface area contributed by atoms with Gasteiger partial charge in [-0.2, -0.15) is 0 Å². The summed E-state index contributed by atoms with van der Waals surface area (Å²) in [7, 11) is 0. The molecule has 0 spiro atoms. The van der Waals surface area contributed by atoms with Crippen LogP contribution in [-0.2, 0) is 0 Å². The molecule has 6 heteroatoms. The Labute approximate surface area is 116 Å². The van der Waals surface area contributed by atoms with E-state index in [4.69, 9.17) is 28.9 Å². The molecule has 0 aliphatic rings. The zero-order valence-electron chi connectivity index (χ0n) is 9.51. The second-order valence-electron chi connectivity index (χ2n) is 4.38. The smallest absolute Gasteiger partial charge is 0.148 e. The van der Waals surface area contributed by atoms with E-state index in [-0.39, 0.29) is 34.6 Å². The predicted octanol–water partition coefficient (Wildman–Crippen LogP) is 3.57. The first-order chi connectivity index (χ1) is 7.31. The summed E-state index contributed by atoms with van der Waals surface area (Å²) in [4.78, 5) is 0. The predicted molar refractivity (Wildman–Crippen MR) is 71.5 cm³/mol. The van der Waals surface area contributed by atoms with Gasteiger partial charge in [0.2, 0.25) is 0 Å². The van der Waals surface area contributed by atoms with Gasteiger partial charge in [-0.05, 0) is 12.1 Å². The summed E-state index contributed by atoms with van der Waals surface area (Å²) in [6.45, 7) is 3.29. The third kappa shape index (κ3) is 3.46. The molecule has 2 nitrogen and oxygen atoms in total. The van der Waals surface area contributed by atoms with Crippen LogP contribution < -0.4 is 5.73 Å². The zero-order chi connectivity index (χ0) is 12.5. The lowest BCUT2D eigenvalue weighted by Crippen LogP contribution is -2.33. The first-order valence-electron chi connectivity index (χ1n) is 4.81. The summed E-state index contributed by atoms with van der Waals surface area (Å²) in [6.07, 6.45) is 0. The number of hydrogen-bond donors (Lipinski definition) is 2. The van der Waals surface area contributed by atoms with E-state index in [9.17, 15) is 9.50 Å². The second-order valence-corrected chi connectivity index (χ2v) is 5.20. The molecule has 0 aliphatic heterocycles. The molecular formula is C11H15Cl3FNO. The number of halogens is 4. The molecule has 0 radical (unpaired) electrons. The van der Waals surface area contributed by atoms with Gasteiger partial charge in [-0.1, -0.05) is 37.0 Å². The third-order valence-corrected chi connectivity index (χ3v) is 3.26. The molecule has 3 N–H and O–H groups in total. The Morgan fingerprint density at radius 3 is 2.29 bits per heavy atom. The van der Waals surface area contributed by atoms with Gasteiger partial charge >= 0.3 is 0 Å². The normalized spacial score (nSPS) is 13.1. The van der Waals surface area contributed by atoms with Crippen LogP contribution in [0.15, 0.2) is 12.1 Å². The molecule has 1 aromatic carbocycles. The highest BCUT2D eigenvalue weighted by Crippen LogP contribution is 2.37. The standard InChI is InChI=1S/C11H14Cl2FNO.ClH/c1-11(2,5-16)10(15)8-6(12)3-4-7(13)9(8)14;/h3-4,10,16H,5,15H2,1-2H3;1H/t10-;/m0./s1. The second kappa shape index (κ2) is 6.21. The fourth-order valence-electron chi connectivity index (χ4n) is 1.32. The number of rotatable bonds is 3. The van der Waals surface area contributed by atoms with E-state index in [2.05, 4.69) is 0 Å². The van der Waals surface area contributed by atoms with Crippen molar-refractivity contribution >= 4 is 35.6 Å². The molecule has 1 aromatic rings. The summed E-state index contributed by atoms with van der Waals surface area (Å²) in [6, 6.07) is 2.15. The van der Waals surface area contributed by atoms with E-state index in [1.807, 2.05) is 0 Å². The van der Waals surface area contributed by atoms with Crippen molar-refractivity contribution in [3.8, 4) is 0 Å². The van der Waals surface area contributed by atoms with Crippen molar-refractivity contribution in [2.75, 3.05) is 6.61 Å². The van der Waals surface area contributed by atoms with Crippen molar-refractivity contribution in [1.29, 1.82) is 0 Å². The Bertz CT molecular complexity index is 399. The van der Waals surface area contributed by atoms with Crippen LogP contribution in [0.1, 0.15) is 25.5 Å². The van der Waals surface area contributed by atoms with Crippen LogP contribution in [0.5, 0.6) is 0 Å². The number of benzene rings is 1. The molecule has 0 fully saturated rings. The van der Waals surface area contributed by atoms with Gasteiger partial charge in [-0.3, -0.25) is 0 Å². The number of aliphatic hydroxyl groups excluding tert-OH is 1. The maximum Gasteiger partial charge on any atom is 0.148 e. The summed E-state index contributed by atoms with van der Waals surface area (Å²) >= 11 is 11.6. The van der Waals surface area contributed by atoms with E-state index >= 15 is 0 Å². The summed E-state index contributed by atoms with van der Waals surface area (Å²) in [5.41, 5.74) is 5.39. The maximum atomic E-state index is 13.8. The third-order valence-electron chi connectivity index (χ3n) is 2.64. The lowest BCUT2D eigenvalue weighted by Gasteiger charge is -2.30. The number of aliphatic hydroxyl groups is 1. The van der Waals surface area contributed by atoms with Crippen molar-refractivity contribution < 1.29 is 9.50 Å². The Hall–Kier alpha value is -0.0600. The lowest BCUT2D eigenvalue weighted by atomic mass is 9.81. The van der Waals surface area contributed by atoms with Crippen LogP contribution in [0, 0.1) is 11.2 Å². The quantitative estimate of drug-likeness (QED) is 0.838. The highest BCUT2D eigenvalue weighted by atomic mass is 35.5. The van der Waals surface area contributed by atoms with E-state index in [0.717, 1.165) is 0 Å². The Kier molecular flexibility index (Phi) is 6.19. The van der Waals surface area contributed by atoms with Crippen LogP contribution >= 0.6 is 35.6 Å². The molecular weight excluding hydrogens is 287 g/mol. The molecule has 1 rings (SSSR count). The molecule has 0 amide bonds. The maximum absolute atomic E-state index is 13.8. The SMILES string of the molecule is CC(C)(CO)[C@@H](N)c1c(Cl)ccc(Cl)c1F.Cl. The van der Waals surface area contributed by atoms with Gasteiger partial charge in [-0.25, -0.2) is 4.39 Å². The number of nitrogens with two attached hydrogens (primary N) is 1. The molecule has 98 valence electrons. The van der Waals surface area contributed by atoms with Gasteiger partial charge in [0.15, 0.2) is 0 Å². The van der Waals surface area contributed by atoms with Crippen molar-refractivity contribution in [3.63, 3.8) is 0 Å². The molecule has 17 heavy (non-hydrogen) atoms.